The fraction of sp³-hybridized carbons (Fsp3) is 0.133. The van der Waals surface area contributed by atoms with Gasteiger partial charge in [0.1, 0.15) is 0 Å². The van der Waals surface area contributed by atoms with Gasteiger partial charge in [0.05, 0.1) is 4.70 Å². The second kappa shape index (κ2) is 10.6. The predicted octanol–water partition coefficient (Wildman–Crippen LogP) is 9.99. The number of hydrogen-bond donors (Lipinski definition) is 1. The fourth-order valence-corrected chi connectivity index (χ4v) is 9.66. The third-order valence-corrected chi connectivity index (χ3v) is 11.2. The lowest BCUT2D eigenvalue weighted by molar-refractivity contribution is 0.598. The summed E-state index contributed by atoms with van der Waals surface area (Å²) in [6.45, 7) is 8.50. The van der Waals surface area contributed by atoms with Crippen LogP contribution >= 0.6 is 54.4 Å². The largest absolute Gasteiger partial charge is 0.415 e. The van der Waals surface area contributed by atoms with E-state index in [9.17, 15) is 4.57 Å². The maximum Gasteiger partial charge on any atom is 0.415 e. The summed E-state index contributed by atoms with van der Waals surface area (Å²) in [5.41, 5.74) is 4.86. The van der Waals surface area contributed by atoms with Crippen LogP contribution in [0, 0.1) is 13.8 Å². The van der Waals surface area contributed by atoms with Crippen LogP contribution in [-0.4, -0.2) is 0 Å². The molecular formula is C30H26OPS4+. The zero-order chi connectivity index (χ0) is 25.4. The molecule has 0 amide bonds. The summed E-state index contributed by atoms with van der Waals surface area (Å²) < 4.78 is 16.1. The number of hydrogen-bond acceptors (Lipinski definition) is 5. The average Bonchev–Trinajstić information content (AvgIpc) is 3.54. The molecule has 0 saturated heterocycles. The van der Waals surface area contributed by atoms with Crippen molar-refractivity contribution in [2.45, 2.75) is 27.7 Å². The van der Waals surface area contributed by atoms with Crippen molar-refractivity contribution in [3.05, 3.63) is 98.4 Å². The summed E-state index contributed by atoms with van der Waals surface area (Å²) >= 11 is 10.0. The molecule has 180 valence electrons. The second-order valence-corrected chi connectivity index (χ2v) is 14.5. The Kier molecular flexibility index (Phi) is 7.48. The highest BCUT2D eigenvalue weighted by Crippen LogP contribution is 2.50. The van der Waals surface area contributed by atoms with Gasteiger partial charge in [-0.3, -0.25) is 0 Å². The summed E-state index contributed by atoms with van der Waals surface area (Å²) in [6.07, 6.45) is 4.32. The Balaban J connectivity index is 1.71. The molecule has 0 aliphatic rings. The Labute approximate surface area is 231 Å². The lowest BCUT2D eigenvalue weighted by Crippen LogP contribution is -2.08. The molecular weight excluding hydrogens is 536 g/mol. The Hall–Kier alpha value is -2.27. The van der Waals surface area contributed by atoms with Crippen molar-refractivity contribution in [2.24, 2.45) is 0 Å². The molecule has 2 aromatic carbocycles. The lowest BCUT2D eigenvalue weighted by atomic mass is 10.0. The van der Waals surface area contributed by atoms with Crippen LogP contribution in [-0.2, 0) is 4.57 Å². The van der Waals surface area contributed by atoms with Crippen LogP contribution in [0.3, 0.4) is 0 Å². The van der Waals surface area contributed by atoms with Gasteiger partial charge in [0.15, 0.2) is 5.30 Å². The van der Waals surface area contributed by atoms with Crippen LogP contribution < -0.4 is 10.6 Å². The molecule has 0 spiro atoms. The van der Waals surface area contributed by atoms with Crippen LogP contribution in [0.25, 0.3) is 36.5 Å². The van der Waals surface area contributed by atoms with Crippen molar-refractivity contribution >= 4 is 80.0 Å². The van der Waals surface area contributed by atoms with Crippen LogP contribution in [0.2, 0.25) is 0 Å². The van der Waals surface area contributed by atoms with Crippen LogP contribution in [0.4, 0.5) is 0 Å². The fourth-order valence-electron chi connectivity index (χ4n) is 4.41. The molecule has 0 aliphatic carbocycles. The smallest absolute Gasteiger partial charge is 0.148 e. The monoisotopic (exact) mass is 561 g/mol. The van der Waals surface area contributed by atoms with Gasteiger partial charge in [-0.2, -0.15) is 0 Å². The number of benzene rings is 2. The molecule has 0 aliphatic heterocycles. The van der Waals surface area contributed by atoms with E-state index < -0.39 is 7.80 Å². The van der Waals surface area contributed by atoms with Gasteiger partial charge in [-0.1, -0.05) is 41.0 Å². The number of allylic oxidation sites excluding steroid dienone is 4. The lowest BCUT2D eigenvalue weighted by Gasteiger charge is -2.06. The van der Waals surface area contributed by atoms with E-state index in [2.05, 4.69) is 63.8 Å². The van der Waals surface area contributed by atoms with E-state index in [0.717, 1.165) is 26.0 Å². The predicted molar refractivity (Wildman–Crippen MR) is 168 cm³/mol. The van der Waals surface area contributed by atoms with Gasteiger partial charge in [-0.25, -0.2) is 0 Å². The van der Waals surface area contributed by atoms with Gasteiger partial charge in [0.25, 0.3) is 0 Å². The van der Waals surface area contributed by atoms with Crippen LogP contribution in [0.5, 0.6) is 0 Å². The van der Waals surface area contributed by atoms with E-state index in [1.54, 1.807) is 11.3 Å². The van der Waals surface area contributed by atoms with Gasteiger partial charge >= 0.3 is 7.80 Å². The zero-order valence-corrected chi connectivity index (χ0v) is 24.8. The molecule has 0 bridgehead atoms. The van der Waals surface area contributed by atoms with Crippen molar-refractivity contribution in [1.82, 2.24) is 0 Å². The molecule has 36 heavy (non-hydrogen) atoms. The molecule has 3 heterocycles. The third kappa shape index (κ3) is 4.83. The van der Waals surface area contributed by atoms with E-state index in [4.69, 9.17) is 0 Å². The Morgan fingerprint density at radius 2 is 1.64 bits per heavy atom. The minimum absolute atomic E-state index is 0.859. The highest BCUT2D eigenvalue weighted by Gasteiger charge is 2.29. The Morgan fingerprint density at radius 1 is 0.917 bits per heavy atom. The van der Waals surface area contributed by atoms with Gasteiger partial charge in [0.2, 0.25) is 5.30 Å². The summed E-state index contributed by atoms with van der Waals surface area (Å²) in [4.78, 5) is 6.08. The first kappa shape index (κ1) is 25.4. The first-order chi connectivity index (χ1) is 17.4. The van der Waals surface area contributed by atoms with Gasteiger partial charge < -0.3 is 0 Å². The summed E-state index contributed by atoms with van der Waals surface area (Å²) in [6, 6.07) is 22.5. The quantitative estimate of drug-likeness (QED) is 0.124. The van der Waals surface area contributed by atoms with E-state index >= 15 is 0 Å². The van der Waals surface area contributed by atoms with Crippen molar-refractivity contribution in [1.29, 1.82) is 0 Å². The molecule has 0 saturated carbocycles. The molecule has 1 atom stereocenters. The van der Waals surface area contributed by atoms with Gasteiger partial charge in [-0.15, -0.1) is 46.6 Å². The normalized spacial score (nSPS) is 13.0. The van der Waals surface area contributed by atoms with Crippen molar-refractivity contribution in [2.75, 3.05) is 0 Å². The molecule has 1 unspecified atom stereocenters. The number of thiol groups is 1. The van der Waals surface area contributed by atoms with Crippen molar-refractivity contribution in [3.8, 4) is 21.6 Å². The molecule has 5 rings (SSSR count). The Morgan fingerprint density at radius 3 is 2.31 bits per heavy atom. The zero-order valence-electron chi connectivity index (χ0n) is 20.5. The number of thiophene rings is 3. The number of fused-ring (bicyclic) bond motifs is 1. The summed E-state index contributed by atoms with van der Waals surface area (Å²) in [7, 11) is -1.68. The van der Waals surface area contributed by atoms with E-state index in [0.29, 0.717) is 0 Å². The van der Waals surface area contributed by atoms with Crippen LogP contribution in [0.15, 0.2) is 83.8 Å². The first-order valence-corrected chi connectivity index (χ1v) is 15.8. The molecule has 3 aromatic heterocycles. The number of aryl methyl sites for hydroxylation is 2. The maximum atomic E-state index is 13.6. The molecule has 0 radical (unpaired) electrons. The van der Waals surface area contributed by atoms with Gasteiger partial charge in [0, 0.05) is 35.3 Å². The Bertz CT molecular complexity index is 1640. The highest BCUT2D eigenvalue weighted by molar-refractivity contribution is 7.84. The SMILES string of the molecule is C/C=C(/C=C(/C)S)c1sc2cc(-c3ccccc3[P+](=O)c3ccccc3)sc2c1-c1cc(C)sc1C. The molecule has 6 heteroatoms. The van der Waals surface area contributed by atoms with Crippen LogP contribution in [0.1, 0.15) is 28.5 Å². The van der Waals surface area contributed by atoms with E-state index in [1.165, 1.54) is 40.7 Å². The minimum atomic E-state index is -1.68. The van der Waals surface area contributed by atoms with Crippen molar-refractivity contribution in [3.63, 3.8) is 0 Å². The van der Waals surface area contributed by atoms with Crippen molar-refractivity contribution < 1.29 is 4.57 Å². The maximum absolute atomic E-state index is 13.6. The molecule has 1 nitrogen and oxygen atoms in total. The molecule has 0 fully saturated rings. The first-order valence-electron chi connectivity index (χ1n) is 11.7. The highest BCUT2D eigenvalue weighted by atomic mass is 32.1. The summed E-state index contributed by atoms with van der Waals surface area (Å²) in [5.74, 6) is 0. The van der Waals surface area contributed by atoms with Gasteiger partial charge in [-0.05, 0) is 86.2 Å². The third-order valence-electron chi connectivity index (χ3n) is 5.99. The summed E-state index contributed by atoms with van der Waals surface area (Å²) in [5, 5.41) is 1.75. The van der Waals surface area contributed by atoms with E-state index in [1.807, 2.05) is 78.1 Å². The minimum Gasteiger partial charge on any atom is -0.148 e. The average molecular weight is 562 g/mol. The topological polar surface area (TPSA) is 17.1 Å². The second-order valence-electron chi connectivity index (χ2n) is 8.61. The molecule has 5 aromatic rings. The molecule has 0 N–H and O–H groups in total. The number of rotatable bonds is 6. The standard InChI is InChI=1S/C30H25OPS4/c1-5-21(15-18(2)33)29-28(24-16-19(3)34-20(24)4)30-27(36-29)17-26(35-30)23-13-9-10-14-25(23)32(31)22-11-7-6-8-12-22/h5-17H,1-4H3/p+1/b18-15-,21-5-. The van der Waals surface area contributed by atoms with E-state index in [-0.39, 0.29) is 0 Å².